The largest absolute Gasteiger partial charge is 0.320 e. The van der Waals surface area contributed by atoms with Crippen molar-refractivity contribution in [1.82, 2.24) is 4.98 Å². The number of nitrogens with zero attached hydrogens (tertiary/aromatic N) is 1. The maximum Gasteiger partial charge on any atom is 0.275 e. The second kappa shape index (κ2) is 4.63. The number of aromatic nitrogens is 1. The maximum atomic E-state index is 11.7. The SMILES string of the molecule is Cc1c(Cl)cccc1NC(=O)c1cscn1. The molecule has 0 aliphatic rings. The Morgan fingerprint density at radius 3 is 3.00 bits per heavy atom. The molecule has 0 aliphatic carbocycles. The van der Waals surface area contributed by atoms with Gasteiger partial charge < -0.3 is 5.32 Å². The third kappa shape index (κ3) is 2.23. The smallest absolute Gasteiger partial charge is 0.275 e. The highest BCUT2D eigenvalue weighted by molar-refractivity contribution is 7.07. The summed E-state index contributed by atoms with van der Waals surface area (Å²) in [7, 11) is 0. The van der Waals surface area contributed by atoms with Crippen molar-refractivity contribution in [2.45, 2.75) is 6.92 Å². The van der Waals surface area contributed by atoms with E-state index in [0.717, 1.165) is 5.56 Å². The highest BCUT2D eigenvalue weighted by Gasteiger charge is 2.10. The monoisotopic (exact) mass is 252 g/mol. The Balaban J connectivity index is 2.22. The summed E-state index contributed by atoms with van der Waals surface area (Å²) in [5.41, 5.74) is 3.61. The van der Waals surface area contributed by atoms with E-state index in [9.17, 15) is 4.79 Å². The number of halogens is 1. The van der Waals surface area contributed by atoms with Gasteiger partial charge in [0.25, 0.3) is 5.91 Å². The maximum absolute atomic E-state index is 11.7. The zero-order valence-electron chi connectivity index (χ0n) is 8.53. The fourth-order valence-electron chi connectivity index (χ4n) is 1.25. The van der Waals surface area contributed by atoms with Gasteiger partial charge in [-0.1, -0.05) is 17.7 Å². The quantitative estimate of drug-likeness (QED) is 0.891. The van der Waals surface area contributed by atoms with Crippen LogP contribution in [0.2, 0.25) is 5.02 Å². The van der Waals surface area contributed by atoms with E-state index >= 15 is 0 Å². The van der Waals surface area contributed by atoms with Crippen molar-refractivity contribution in [2.75, 3.05) is 5.32 Å². The minimum Gasteiger partial charge on any atom is -0.320 e. The van der Waals surface area contributed by atoms with E-state index in [1.165, 1.54) is 11.3 Å². The Labute approximate surface area is 102 Å². The van der Waals surface area contributed by atoms with Crippen molar-refractivity contribution in [2.24, 2.45) is 0 Å². The number of anilines is 1. The highest BCUT2D eigenvalue weighted by Crippen LogP contribution is 2.23. The Morgan fingerprint density at radius 2 is 2.31 bits per heavy atom. The molecule has 0 saturated heterocycles. The van der Waals surface area contributed by atoms with Gasteiger partial charge in [0.15, 0.2) is 0 Å². The predicted molar refractivity (Wildman–Crippen MR) is 66.3 cm³/mol. The molecule has 0 atom stereocenters. The molecule has 0 aliphatic heterocycles. The van der Waals surface area contributed by atoms with Gasteiger partial charge in [-0.2, -0.15) is 0 Å². The third-order valence-corrected chi connectivity index (χ3v) is 3.18. The molecule has 0 bridgehead atoms. The number of hydrogen-bond acceptors (Lipinski definition) is 3. The molecule has 0 fully saturated rings. The predicted octanol–water partition coefficient (Wildman–Crippen LogP) is 3.36. The summed E-state index contributed by atoms with van der Waals surface area (Å²) in [6.45, 7) is 1.86. The van der Waals surface area contributed by atoms with E-state index in [1.54, 1.807) is 23.0 Å². The number of hydrogen-bond donors (Lipinski definition) is 1. The van der Waals surface area contributed by atoms with Crippen LogP contribution in [0, 0.1) is 6.92 Å². The summed E-state index contributed by atoms with van der Waals surface area (Å²) in [6.07, 6.45) is 0. The van der Waals surface area contributed by atoms with Gasteiger partial charge in [0, 0.05) is 16.1 Å². The van der Waals surface area contributed by atoms with Gasteiger partial charge in [-0.05, 0) is 24.6 Å². The number of carbonyl (C=O) groups is 1. The van der Waals surface area contributed by atoms with Gasteiger partial charge >= 0.3 is 0 Å². The molecule has 1 aromatic heterocycles. The fraction of sp³-hybridized carbons (Fsp3) is 0.0909. The standard InChI is InChI=1S/C11H9ClN2OS/c1-7-8(12)3-2-4-9(7)14-11(15)10-5-16-6-13-10/h2-6H,1H3,(H,14,15). The molecule has 0 radical (unpaired) electrons. The second-order valence-corrected chi connectivity index (χ2v) is 4.37. The molecule has 1 amide bonds. The lowest BCUT2D eigenvalue weighted by Crippen LogP contribution is -2.13. The van der Waals surface area contributed by atoms with Crippen LogP contribution in [0.25, 0.3) is 0 Å². The van der Waals surface area contributed by atoms with Crippen LogP contribution in [-0.2, 0) is 0 Å². The van der Waals surface area contributed by atoms with Crippen LogP contribution < -0.4 is 5.32 Å². The Kier molecular flexibility index (Phi) is 3.22. The molecule has 0 saturated carbocycles. The van der Waals surface area contributed by atoms with E-state index in [-0.39, 0.29) is 5.91 Å². The average Bonchev–Trinajstić information content (AvgIpc) is 2.78. The summed E-state index contributed by atoms with van der Waals surface area (Å²) in [4.78, 5) is 15.7. The van der Waals surface area contributed by atoms with Crippen LogP contribution in [0.1, 0.15) is 16.1 Å². The lowest BCUT2D eigenvalue weighted by molar-refractivity contribution is 0.102. The van der Waals surface area contributed by atoms with E-state index < -0.39 is 0 Å². The normalized spacial score (nSPS) is 10.1. The lowest BCUT2D eigenvalue weighted by atomic mass is 10.2. The summed E-state index contributed by atoms with van der Waals surface area (Å²) >= 11 is 7.35. The molecule has 3 nitrogen and oxygen atoms in total. The number of carbonyl (C=O) groups excluding carboxylic acids is 1. The number of thiazole rings is 1. The first-order valence-electron chi connectivity index (χ1n) is 4.63. The molecular formula is C11H9ClN2OS. The first-order chi connectivity index (χ1) is 7.68. The minimum atomic E-state index is -0.216. The molecule has 0 unspecified atom stereocenters. The van der Waals surface area contributed by atoms with E-state index in [1.807, 2.05) is 13.0 Å². The van der Waals surface area contributed by atoms with Crippen molar-refractivity contribution in [3.8, 4) is 0 Å². The number of nitrogens with one attached hydrogen (secondary N) is 1. The van der Waals surface area contributed by atoms with Gasteiger partial charge in [0.05, 0.1) is 5.51 Å². The Morgan fingerprint density at radius 1 is 1.50 bits per heavy atom. The fourth-order valence-corrected chi connectivity index (χ4v) is 1.96. The summed E-state index contributed by atoms with van der Waals surface area (Å²) in [5.74, 6) is -0.216. The summed E-state index contributed by atoms with van der Waals surface area (Å²) < 4.78 is 0. The number of benzene rings is 1. The molecule has 16 heavy (non-hydrogen) atoms. The van der Waals surface area contributed by atoms with Gasteiger partial charge in [-0.3, -0.25) is 4.79 Å². The Bertz CT molecular complexity index is 511. The lowest BCUT2D eigenvalue weighted by Gasteiger charge is -2.07. The van der Waals surface area contributed by atoms with Crippen molar-refractivity contribution >= 4 is 34.5 Å². The second-order valence-electron chi connectivity index (χ2n) is 3.24. The van der Waals surface area contributed by atoms with Crippen LogP contribution in [-0.4, -0.2) is 10.9 Å². The third-order valence-electron chi connectivity index (χ3n) is 2.18. The molecule has 2 rings (SSSR count). The van der Waals surface area contributed by atoms with Gasteiger partial charge in [0.2, 0.25) is 0 Å². The first kappa shape index (κ1) is 11.1. The molecule has 1 aromatic carbocycles. The van der Waals surface area contributed by atoms with Crippen LogP contribution in [0.4, 0.5) is 5.69 Å². The molecule has 1 heterocycles. The molecule has 82 valence electrons. The Hall–Kier alpha value is -1.39. The van der Waals surface area contributed by atoms with Crippen LogP contribution in [0.15, 0.2) is 29.1 Å². The van der Waals surface area contributed by atoms with E-state index in [0.29, 0.717) is 16.4 Å². The molecular weight excluding hydrogens is 244 g/mol. The average molecular weight is 253 g/mol. The molecule has 2 aromatic rings. The highest BCUT2D eigenvalue weighted by atomic mass is 35.5. The summed E-state index contributed by atoms with van der Waals surface area (Å²) in [6, 6.07) is 5.40. The molecule has 5 heteroatoms. The van der Waals surface area contributed by atoms with Crippen molar-refractivity contribution in [3.63, 3.8) is 0 Å². The van der Waals surface area contributed by atoms with Crippen LogP contribution in [0.5, 0.6) is 0 Å². The first-order valence-corrected chi connectivity index (χ1v) is 5.95. The molecule has 1 N–H and O–H groups in total. The minimum absolute atomic E-state index is 0.216. The van der Waals surface area contributed by atoms with Gasteiger partial charge in [-0.25, -0.2) is 4.98 Å². The van der Waals surface area contributed by atoms with Gasteiger partial charge in [-0.15, -0.1) is 11.3 Å². The molecule has 0 spiro atoms. The van der Waals surface area contributed by atoms with E-state index in [2.05, 4.69) is 10.3 Å². The van der Waals surface area contributed by atoms with Crippen molar-refractivity contribution in [1.29, 1.82) is 0 Å². The number of rotatable bonds is 2. The zero-order valence-corrected chi connectivity index (χ0v) is 10.1. The van der Waals surface area contributed by atoms with E-state index in [4.69, 9.17) is 11.6 Å². The van der Waals surface area contributed by atoms with Gasteiger partial charge in [0.1, 0.15) is 5.69 Å². The van der Waals surface area contributed by atoms with Crippen LogP contribution >= 0.6 is 22.9 Å². The summed E-state index contributed by atoms with van der Waals surface area (Å²) in [5, 5.41) is 5.11. The van der Waals surface area contributed by atoms with Crippen molar-refractivity contribution in [3.05, 3.63) is 45.4 Å². The van der Waals surface area contributed by atoms with Crippen molar-refractivity contribution < 1.29 is 4.79 Å². The topological polar surface area (TPSA) is 42.0 Å². The number of amides is 1. The van der Waals surface area contributed by atoms with Crippen LogP contribution in [0.3, 0.4) is 0 Å². The zero-order chi connectivity index (χ0) is 11.5.